The molecule has 0 saturated carbocycles. The molecule has 0 saturated heterocycles. The highest BCUT2D eigenvalue weighted by Gasteiger charge is 2.08. The summed E-state index contributed by atoms with van der Waals surface area (Å²) in [5.74, 6) is 1.74. The molecule has 0 fully saturated rings. The Morgan fingerprint density at radius 3 is 2.80 bits per heavy atom. The van der Waals surface area contributed by atoms with Crippen LogP contribution < -0.4 is 10.5 Å². The molecule has 0 aliphatic heterocycles. The molecule has 1 heterocycles. The molecule has 0 spiro atoms. The van der Waals surface area contributed by atoms with Crippen LogP contribution in [0.2, 0.25) is 0 Å². The highest BCUT2D eigenvalue weighted by atomic mass is 79.9. The van der Waals surface area contributed by atoms with E-state index in [9.17, 15) is 0 Å². The lowest BCUT2D eigenvalue weighted by atomic mass is 10.0. The van der Waals surface area contributed by atoms with Gasteiger partial charge in [0, 0.05) is 13.0 Å². The SMILES string of the molecule is CCC(N)Cc1ccc(OCc2nnc(C)o2)c(Br)c1. The molecule has 0 aliphatic carbocycles. The molecule has 2 rings (SSSR count). The van der Waals surface area contributed by atoms with Gasteiger partial charge in [-0.2, -0.15) is 0 Å². The van der Waals surface area contributed by atoms with Crippen molar-refractivity contribution in [1.82, 2.24) is 10.2 Å². The van der Waals surface area contributed by atoms with Gasteiger partial charge < -0.3 is 14.9 Å². The minimum absolute atomic E-state index is 0.190. The fourth-order valence-corrected chi connectivity index (χ4v) is 2.31. The van der Waals surface area contributed by atoms with E-state index in [0.29, 0.717) is 11.8 Å². The largest absolute Gasteiger partial charge is 0.483 e. The maximum absolute atomic E-state index is 5.96. The zero-order valence-corrected chi connectivity index (χ0v) is 13.2. The number of nitrogens with zero attached hydrogens (tertiary/aromatic N) is 2. The van der Waals surface area contributed by atoms with Crippen molar-refractivity contribution in [2.75, 3.05) is 0 Å². The molecule has 1 atom stereocenters. The van der Waals surface area contributed by atoms with Crippen LogP contribution in [0.4, 0.5) is 0 Å². The molecule has 0 amide bonds. The highest BCUT2D eigenvalue weighted by Crippen LogP contribution is 2.27. The zero-order chi connectivity index (χ0) is 14.5. The Labute approximate surface area is 126 Å². The van der Waals surface area contributed by atoms with Crippen LogP contribution in [0.25, 0.3) is 0 Å². The summed E-state index contributed by atoms with van der Waals surface area (Å²) in [5, 5.41) is 7.64. The van der Waals surface area contributed by atoms with Gasteiger partial charge in [-0.15, -0.1) is 10.2 Å². The molecule has 6 heteroatoms. The van der Waals surface area contributed by atoms with Gasteiger partial charge in [0.05, 0.1) is 4.47 Å². The van der Waals surface area contributed by atoms with Gasteiger partial charge in [-0.25, -0.2) is 0 Å². The van der Waals surface area contributed by atoms with E-state index in [4.69, 9.17) is 14.9 Å². The Bertz CT molecular complexity index is 571. The minimum atomic E-state index is 0.190. The fourth-order valence-electron chi connectivity index (χ4n) is 1.77. The van der Waals surface area contributed by atoms with Crippen LogP contribution in [0.5, 0.6) is 5.75 Å². The van der Waals surface area contributed by atoms with E-state index in [2.05, 4.69) is 33.1 Å². The summed E-state index contributed by atoms with van der Waals surface area (Å²) in [6.07, 6.45) is 1.82. The Morgan fingerprint density at radius 2 is 2.20 bits per heavy atom. The molecule has 0 bridgehead atoms. The summed E-state index contributed by atoms with van der Waals surface area (Å²) in [6.45, 7) is 4.09. The third kappa shape index (κ3) is 4.05. The van der Waals surface area contributed by atoms with E-state index < -0.39 is 0 Å². The van der Waals surface area contributed by atoms with E-state index >= 15 is 0 Å². The molecular weight excluding hydrogens is 322 g/mol. The molecule has 5 nitrogen and oxygen atoms in total. The average molecular weight is 340 g/mol. The first-order valence-corrected chi connectivity index (χ1v) is 7.33. The Morgan fingerprint density at radius 1 is 1.40 bits per heavy atom. The van der Waals surface area contributed by atoms with E-state index in [1.54, 1.807) is 6.92 Å². The molecular formula is C14H18BrN3O2. The van der Waals surface area contributed by atoms with Gasteiger partial charge in [0.1, 0.15) is 5.75 Å². The van der Waals surface area contributed by atoms with Crippen molar-refractivity contribution in [3.8, 4) is 5.75 Å². The van der Waals surface area contributed by atoms with Crippen molar-refractivity contribution in [3.05, 3.63) is 40.0 Å². The van der Waals surface area contributed by atoms with Crippen molar-refractivity contribution in [2.45, 2.75) is 39.3 Å². The Balaban J connectivity index is 1.98. The van der Waals surface area contributed by atoms with Crippen LogP contribution in [0.3, 0.4) is 0 Å². The second-order valence-electron chi connectivity index (χ2n) is 4.64. The summed E-state index contributed by atoms with van der Waals surface area (Å²) in [4.78, 5) is 0. The Kier molecular flexibility index (Phi) is 5.14. The standard InChI is InChI=1S/C14H18BrN3O2/c1-3-11(16)6-10-4-5-13(12(15)7-10)19-8-14-18-17-9(2)20-14/h4-5,7,11H,3,6,8,16H2,1-2H3. The molecule has 0 aliphatic rings. The van der Waals surface area contributed by atoms with Crippen LogP contribution in [-0.2, 0) is 13.0 Å². The first kappa shape index (κ1) is 15.0. The van der Waals surface area contributed by atoms with Crippen LogP contribution in [0.15, 0.2) is 27.1 Å². The average Bonchev–Trinajstić information content (AvgIpc) is 2.83. The van der Waals surface area contributed by atoms with Crippen LogP contribution in [-0.4, -0.2) is 16.2 Å². The molecule has 2 aromatic rings. The summed E-state index contributed by atoms with van der Waals surface area (Å²) >= 11 is 3.51. The molecule has 0 radical (unpaired) electrons. The van der Waals surface area contributed by atoms with Crippen LogP contribution in [0, 0.1) is 6.92 Å². The molecule has 20 heavy (non-hydrogen) atoms. The first-order valence-electron chi connectivity index (χ1n) is 6.54. The summed E-state index contributed by atoms with van der Waals surface area (Å²) in [5.41, 5.74) is 7.14. The zero-order valence-electron chi connectivity index (χ0n) is 11.6. The summed E-state index contributed by atoms with van der Waals surface area (Å²) in [7, 11) is 0. The van der Waals surface area contributed by atoms with Gasteiger partial charge in [-0.3, -0.25) is 0 Å². The molecule has 1 aromatic carbocycles. The number of aryl methyl sites for hydroxylation is 1. The lowest BCUT2D eigenvalue weighted by Gasteiger charge is -2.11. The minimum Gasteiger partial charge on any atom is -0.483 e. The van der Waals surface area contributed by atoms with Crippen molar-refractivity contribution in [3.63, 3.8) is 0 Å². The van der Waals surface area contributed by atoms with Crippen molar-refractivity contribution < 1.29 is 9.15 Å². The van der Waals surface area contributed by atoms with E-state index in [1.165, 1.54) is 5.56 Å². The maximum Gasteiger partial charge on any atom is 0.253 e. The van der Waals surface area contributed by atoms with Gasteiger partial charge in [0.15, 0.2) is 6.61 Å². The maximum atomic E-state index is 5.96. The summed E-state index contributed by atoms with van der Waals surface area (Å²) in [6, 6.07) is 6.17. The van der Waals surface area contributed by atoms with Gasteiger partial charge in [0.25, 0.3) is 5.89 Å². The fraction of sp³-hybridized carbons (Fsp3) is 0.429. The normalized spacial score (nSPS) is 12.4. The second-order valence-corrected chi connectivity index (χ2v) is 5.50. The van der Waals surface area contributed by atoms with Crippen LogP contribution >= 0.6 is 15.9 Å². The first-order chi connectivity index (χ1) is 9.58. The molecule has 1 unspecified atom stereocenters. The van der Waals surface area contributed by atoms with E-state index in [-0.39, 0.29) is 12.6 Å². The highest BCUT2D eigenvalue weighted by molar-refractivity contribution is 9.10. The van der Waals surface area contributed by atoms with Crippen molar-refractivity contribution >= 4 is 15.9 Å². The topological polar surface area (TPSA) is 74.2 Å². The smallest absolute Gasteiger partial charge is 0.253 e. The second kappa shape index (κ2) is 6.85. The monoisotopic (exact) mass is 339 g/mol. The molecule has 108 valence electrons. The third-order valence-corrected chi connectivity index (χ3v) is 3.56. The number of ether oxygens (including phenoxy) is 1. The quantitative estimate of drug-likeness (QED) is 0.875. The van der Waals surface area contributed by atoms with Gasteiger partial charge in [-0.05, 0) is 46.5 Å². The molecule has 2 N–H and O–H groups in total. The number of hydrogen-bond donors (Lipinski definition) is 1. The third-order valence-electron chi connectivity index (χ3n) is 2.94. The van der Waals surface area contributed by atoms with Crippen molar-refractivity contribution in [2.24, 2.45) is 5.73 Å². The predicted molar refractivity (Wildman–Crippen MR) is 79.5 cm³/mol. The summed E-state index contributed by atoms with van der Waals surface area (Å²) < 4.78 is 11.8. The molecule has 1 aromatic heterocycles. The van der Waals surface area contributed by atoms with Crippen LogP contribution in [0.1, 0.15) is 30.7 Å². The van der Waals surface area contributed by atoms with Gasteiger partial charge in [0.2, 0.25) is 5.89 Å². The number of rotatable bonds is 6. The number of benzene rings is 1. The number of aromatic nitrogens is 2. The van der Waals surface area contributed by atoms with E-state index in [0.717, 1.165) is 23.1 Å². The van der Waals surface area contributed by atoms with Crippen molar-refractivity contribution in [1.29, 1.82) is 0 Å². The van der Waals surface area contributed by atoms with Gasteiger partial charge in [-0.1, -0.05) is 13.0 Å². The lowest BCUT2D eigenvalue weighted by molar-refractivity contribution is 0.259. The predicted octanol–water partition coefficient (Wildman–Crippen LogP) is 3.00. The lowest BCUT2D eigenvalue weighted by Crippen LogP contribution is -2.21. The number of nitrogens with two attached hydrogens (primary N) is 1. The van der Waals surface area contributed by atoms with E-state index in [1.807, 2.05) is 18.2 Å². The Hall–Kier alpha value is -1.40. The number of halogens is 1. The van der Waals surface area contributed by atoms with Gasteiger partial charge >= 0.3 is 0 Å². The number of hydrogen-bond acceptors (Lipinski definition) is 5.